The first kappa shape index (κ1) is 13.1. The van der Waals surface area contributed by atoms with Gasteiger partial charge in [-0.1, -0.05) is 28.1 Å². The zero-order valence-corrected chi connectivity index (χ0v) is 13.8. The standard InChI is InChI=1S/C17H16BrNO3/c1-19-7-6-16-13-9-2-3-10(20)14(13)22-15(16)11(21)4-5-17(16,18)12(19)8-9/h2-5,12,15,20H,6-8H2,1H3/t12-,15+,16+,17-/m1/s1. The number of carbonyl (C=O) groups excluding carboxylic acids is 1. The maximum atomic E-state index is 12.5. The van der Waals surface area contributed by atoms with E-state index in [0.29, 0.717) is 5.75 Å². The molecule has 1 N–H and O–H groups in total. The summed E-state index contributed by atoms with van der Waals surface area (Å²) in [5, 5.41) is 10.2. The average Bonchev–Trinajstić information content (AvgIpc) is 2.85. The Morgan fingerprint density at radius 3 is 3.09 bits per heavy atom. The van der Waals surface area contributed by atoms with Gasteiger partial charge in [0.1, 0.15) is 0 Å². The Kier molecular flexibility index (Phi) is 2.25. The van der Waals surface area contributed by atoms with Crippen molar-refractivity contribution >= 4 is 21.7 Å². The molecule has 2 aliphatic carbocycles. The summed E-state index contributed by atoms with van der Waals surface area (Å²) in [7, 11) is 2.14. The Morgan fingerprint density at radius 1 is 1.45 bits per heavy atom. The number of hydrogen-bond donors (Lipinski definition) is 1. The highest BCUT2D eigenvalue weighted by Crippen LogP contribution is 2.66. The Balaban J connectivity index is 1.91. The molecule has 4 atom stereocenters. The number of ketones is 1. The number of halogens is 1. The van der Waals surface area contributed by atoms with E-state index in [2.05, 4.69) is 27.9 Å². The van der Waals surface area contributed by atoms with Crippen molar-refractivity contribution < 1.29 is 14.6 Å². The molecule has 4 nitrogen and oxygen atoms in total. The summed E-state index contributed by atoms with van der Waals surface area (Å²) in [5.41, 5.74) is 1.85. The van der Waals surface area contributed by atoms with Crippen LogP contribution in [0, 0.1) is 0 Å². The summed E-state index contributed by atoms with van der Waals surface area (Å²) < 4.78 is 5.70. The summed E-state index contributed by atoms with van der Waals surface area (Å²) >= 11 is 4.00. The minimum Gasteiger partial charge on any atom is -0.504 e. The number of alkyl halides is 1. The van der Waals surface area contributed by atoms with Crippen LogP contribution in [0.3, 0.4) is 0 Å². The Bertz CT molecular complexity index is 761. The first-order chi connectivity index (χ1) is 10.5. The van der Waals surface area contributed by atoms with E-state index < -0.39 is 11.5 Å². The summed E-state index contributed by atoms with van der Waals surface area (Å²) in [6.45, 7) is 0.924. The molecule has 1 spiro atoms. The molecule has 0 radical (unpaired) electrons. The Hall–Kier alpha value is -1.33. The molecule has 2 heterocycles. The van der Waals surface area contributed by atoms with Crippen LogP contribution in [0.15, 0.2) is 24.3 Å². The van der Waals surface area contributed by atoms with E-state index in [1.54, 1.807) is 12.1 Å². The van der Waals surface area contributed by atoms with Crippen molar-refractivity contribution in [3.63, 3.8) is 0 Å². The van der Waals surface area contributed by atoms with Gasteiger partial charge in [0.25, 0.3) is 0 Å². The van der Waals surface area contributed by atoms with E-state index in [4.69, 9.17) is 4.74 Å². The van der Waals surface area contributed by atoms with Gasteiger partial charge in [-0.05, 0) is 44.1 Å². The number of piperidine rings is 1. The third-order valence-corrected chi connectivity index (χ3v) is 7.57. The molecule has 1 aromatic carbocycles. The van der Waals surface area contributed by atoms with Crippen LogP contribution in [0.2, 0.25) is 0 Å². The van der Waals surface area contributed by atoms with E-state index in [1.165, 1.54) is 5.56 Å². The van der Waals surface area contributed by atoms with E-state index in [1.807, 2.05) is 12.1 Å². The van der Waals surface area contributed by atoms with Crippen LogP contribution in [0.25, 0.3) is 0 Å². The van der Waals surface area contributed by atoms with Crippen LogP contribution < -0.4 is 4.74 Å². The average molecular weight is 362 g/mol. The number of carbonyl (C=O) groups is 1. The lowest BCUT2D eigenvalue weighted by atomic mass is 9.53. The molecule has 22 heavy (non-hydrogen) atoms. The van der Waals surface area contributed by atoms with Gasteiger partial charge < -0.3 is 14.7 Å². The highest BCUT2D eigenvalue weighted by molar-refractivity contribution is 9.10. The topological polar surface area (TPSA) is 49.8 Å². The second-order valence-electron chi connectivity index (χ2n) is 6.87. The lowest BCUT2D eigenvalue weighted by Gasteiger charge is -2.60. The molecule has 4 aliphatic rings. The van der Waals surface area contributed by atoms with Gasteiger partial charge in [-0.25, -0.2) is 0 Å². The molecule has 2 bridgehead atoms. The van der Waals surface area contributed by atoms with Crippen LogP contribution in [0.5, 0.6) is 11.5 Å². The number of ether oxygens (including phenoxy) is 1. The number of aromatic hydroxyl groups is 1. The van der Waals surface area contributed by atoms with Gasteiger partial charge in [-0.3, -0.25) is 4.79 Å². The number of rotatable bonds is 0. The van der Waals surface area contributed by atoms with Gasteiger partial charge in [0.2, 0.25) is 0 Å². The number of nitrogens with zero attached hydrogens (tertiary/aromatic N) is 1. The van der Waals surface area contributed by atoms with E-state index in [-0.39, 0.29) is 21.9 Å². The Morgan fingerprint density at radius 2 is 2.27 bits per heavy atom. The molecular formula is C17H16BrNO3. The lowest BCUT2D eigenvalue weighted by Crippen LogP contribution is -2.72. The molecule has 2 aliphatic heterocycles. The number of phenolic OH excluding ortho intramolecular Hbond substituents is 1. The van der Waals surface area contributed by atoms with Crippen LogP contribution >= 0.6 is 15.9 Å². The van der Waals surface area contributed by atoms with Crippen LogP contribution in [0.4, 0.5) is 0 Å². The molecule has 1 fully saturated rings. The SMILES string of the molecule is CN1CC[C@]23c4c5ccc(O)c4O[C@H]2C(=O)C=C[C@@]3(Br)[C@H]1C5. The molecule has 5 heteroatoms. The third kappa shape index (κ3) is 1.17. The summed E-state index contributed by atoms with van der Waals surface area (Å²) in [6.07, 6.45) is 4.88. The molecule has 0 saturated carbocycles. The first-order valence-electron chi connectivity index (χ1n) is 7.63. The minimum atomic E-state index is -0.532. The number of benzene rings is 1. The molecule has 1 saturated heterocycles. The fraction of sp³-hybridized carbons (Fsp3) is 0.471. The van der Waals surface area contributed by atoms with Crippen molar-refractivity contribution in [1.29, 1.82) is 0 Å². The van der Waals surface area contributed by atoms with Gasteiger partial charge in [-0.2, -0.15) is 0 Å². The molecule has 0 aromatic heterocycles. The number of likely N-dealkylation sites (N-methyl/N-ethyl adjacent to an activating group) is 1. The zero-order valence-electron chi connectivity index (χ0n) is 12.2. The maximum absolute atomic E-state index is 12.5. The molecule has 114 valence electrons. The quantitative estimate of drug-likeness (QED) is 0.717. The van der Waals surface area contributed by atoms with Crippen molar-refractivity contribution in [3.8, 4) is 11.5 Å². The highest BCUT2D eigenvalue weighted by Gasteiger charge is 2.71. The largest absolute Gasteiger partial charge is 0.504 e. The van der Waals surface area contributed by atoms with Gasteiger partial charge in [0.05, 0.1) is 9.74 Å². The zero-order chi connectivity index (χ0) is 15.3. The van der Waals surface area contributed by atoms with E-state index >= 15 is 0 Å². The molecule has 0 unspecified atom stereocenters. The number of phenols is 1. The second kappa shape index (κ2) is 3.77. The second-order valence-corrected chi connectivity index (χ2v) is 8.18. The van der Waals surface area contributed by atoms with Crippen molar-refractivity contribution in [2.24, 2.45) is 0 Å². The number of hydrogen-bond acceptors (Lipinski definition) is 4. The predicted octanol–water partition coefficient (Wildman–Crippen LogP) is 1.92. The molecular weight excluding hydrogens is 346 g/mol. The minimum absolute atomic E-state index is 0.00169. The normalized spacial score (nSPS) is 41.3. The van der Waals surface area contributed by atoms with Crippen molar-refractivity contribution in [2.45, 2.75) is 34.7 Å². The van der Waals surface area contributed by atoms with Crippen LogP contribution in [0.1, 0.15) is 17.5 Å². The van der Waals surface area contributed by atoms with Crippen LogP contribution in [-0.4, -0.2) is 45.9 Å². The monoisotopic (exact) mass is 361 g/mol. The summed E-state index contributed by atoms with van der Waals surface area (Å²) in [4.78, 5) is 14.9. The summed E-state index contributed by atoms with van der Waals surface area (Å²) in [6, 6.07) is 3.96. The van der Waals surface area contributed by atoms with Crippen LogP contribution in [-0.2, 0) is 16.6 Å². The molecule has 5 rings (SSSR count). The summed E-state index contributed by atoms with van der Waals surface area (Å²) in [5.74, 6) is 0.663. The Labute approximate surface area is 136 Å². The van der Waals surface area contributed by atoms with E-state index in [9.17, 15) is 9.90 Å². The van der Waals surface area contributed by atoms with Crippen molar-refractivity contribution in [3.05, 3.63) is 35.4 Å². The van der Waals surface area contributed by atoms with Crippen molar-refractivity contribution in [1.82, 2.24) is 4.90 Å². The fourth-order valence-electron chi connectivity index (χ4n) is 5.07. The smallest absolute Gasteiger partial charge is 0.196 e. The fourth-order valence-corrected chi connectivity index (χ4v) is 6.32. The number of likely N-dealkylation sites (tertiary alicyclic amines) is 1. The lowest BCUT2D eigenvalue weighted by molar-refractivity contribution is -0.126. The van der Waals surface area contributed by atoms with Gasteiger partial charge in [-0.15, -0.1) is 0 Å². The molecule has 1 aromatic rings. The first-order valence-corrected chi connectivity index (χ1v) is 8.42. The predicted molar refractivity (Wildman–Crippen MR) is 84.7 cm³/mol. The van der Waals surface area contributed by atoms with Gasteiger partial charge in [0, 0.05) is 11.6 Å². The molecule has 0 amide bonds. The van der Waals surface area contributed by atoms with Gasteiger partial charge in [0.15, 0.2) is 23.4 Å². The highest BCUT2D eigenvalue weighted by atomic mass is 79.9. The third-order valence-electron chi connectivity index (χ3n) is 6.07. The van der Waals surface area contributed by atoms with E-state index in [0.717, 1.165) is 24.9 Å². The maximum Gasteiger partial charge on any atom is 0.196 e. The van der Waals surface area contributed by atoms with Gasteiger partial charge >= 0.3 is 0 Å². The van der Waals surface area contributed by atoms with Crippen molar-refractivity contribution in [2.75, 3.05) is 13.6 Å².